The minimum Gasteiger partial charge on any atom is -0.480 e. The Morgan fingerprint density at radius 3 is 2.48 bits per heavy atom. The van der Waals surface area contributed by atoms with Gasteiger partial charge in [-0.05, 0) is 25.1 Å². The Morgan fingerprint density at radius 2 is 1.96 bits per heavy atom. The number of urea groups is 1. The van der Waals surface area contributed by atoms with E-state index in [1.165, 1.54) is 20.0 Å². The Balaban J connectivity index is 2.71. The summed E-state index contributed by atoms with van der Waals surface area (Å²) in [6.45, 7) is 1.31. The first-order valence-electron chi connectivity index (χ1n) is 6.32. The highest BCUT2D eigenvalue weighted by molar-refractivity contribution is 6.02. The zero-order valence-electron chi connectivity index (χ0n) is 12.2. The number of anilines is 1. The van der Waals surface area contributed by atoms with Crippen LogP contribution in [0.3, 0.4) is 0 Å². The molecule has 0 fully saturated rings. The fourth-order valence-corrected chi connectivity index (χ4v) is 1.49. The second-order valence-corrected chi connectivity index (χ2v) is 4.63. The number of nitrogens with one attached hydrogen (secondary N) is 3. The van der Waals surface area contributed by atoms with Gasteiger partial charge in [-0.15, -0.1) is 0 Å². The third kappa shape index (κ3) is 5.16. The molecule has 1 rings (SSSR count). The molecule has 10 heteroatoms. The van der Waals surface area contributed by atoms with Crippen molar-refractivity contribution in [3.8, 4) is 0 Å². The van der Waals surface area contributed by atoms with Crippen molar-refractivity contribution in [2.45, 2.75) is 19.1 Å². The number of carboxylic acids is 1. The molecule has 0 bridgehead atoms. The van der Waals surface area contributed by atoms with Gasteiger partial charge in [-0.25, -0.2) is 9.59 Å². The third-order valence-corrected chi connectivity index (χ3v) is 2.97. The van der Waals surface area contributed by atoms with Crippen LogP contribution in [-0.2, 0) is 11.0 Å². The SMILES string of the molecule is CC(C(=O)O)N(C)C(=N)NC(=O)Nc1cccc(C(F)(F)F)c1. The standard InChI is InChI=1S/C13H15F3N4O3/c1-7(10(21)22)20(2)11(17)19-12(23)18-9-5-3-4-8(6-9)13(14,15)16/h3-7H,1-2H3,(H,21,22)(H3,17,18,19,23). The van der Waals surface area contributed by atoms with Gasteiger partial charge in [-0.3, -0.25) is 10.7 Å². The van der Waals surface area contributed by atoms with Crippen molar-refractivity contribution in [2.24, 2.45) is 0 Å². The van der Waals surface area contributed by atoms with Gasteiger partial charge in [0.15, 0.2) is 5.96 Å². The average Bonchev–Trinajstić information content (AvgIpc) is 2.44. The Hall–Kier alpha value is -2.78. The quantitative estimate of drug-likeness (QED) is 0.503. The number of carbonyl (C=O) groups excluding carboxylic acids is 1. The third-order valence-electron chi connectivity index (χ3n) is 2.97. The maximum Gasteiger partial charge on any atom is 0.416 e. The number of nitrogens with zero attached hydrogens (tertiary/aromatic N) is 1. The van der Waals surface area contributed by atoms with Crippen LogP contribution in [0.1, 0.15) is 12.5 Å². The second-order valence-electron chi connectivity index (χ2n) is 4.63. The Kier molecular flexibility index (Phi) is 5.55. The highest BCUT2D eigenvalue weighted by Gasteiger charge is 2.30. The smallest absolute Gasteiger partial charge is 0.416 e. The van der Waals surface area contributed by atoms with Crippen molar-refractivity contribution >= 4 is 23.6 Å². The molecule has 0 heterocycles. The summed E-state index contributed by atoms with van der Waals surface area (Å²) in [6, 6.07) is 1.96. The highest BCUT2D eigenvalue weighted by Crippen LogP contribution is 2.30. The van der Waals surface area contributed by atoms with Crippen molar-refractivity contribution < 1.29 is 27.9 Å². The lowest BCUT2D eigenvalue weighted by molar-refractivity contribution is -0.141. The minimum absolute atomic E-state index is 0.112. The van der Waals surface area contributed by atoms with Crippen molar-refractivity contribution in [1.29, 1.82) is 5.41 Å². The molecule has 0 aliphatic rings. The molecule has 0 saturated carbocycles. The lowest BCUT2D eigenvalue weighted by Crippen LogP contribution is -2.49. The highest BCUT2D eigenvalue weighted by atomic mass is 19.4. The zero-order valence-corrected chi connectivity index (χ0v) is 12.2. The van der Waals surface area contributed by atoms with Gasteiger partial charge in [-0.1, -0.05) is 6.07 Å². The van der Waals surface area contributed by atoms with E-state index in [1.54, 1.807) is 0 Å². The number of likely N-dealkylation sites (N-methyl/N-ethyl adjacent to an activating group) is 1. The second kappa shape index (κ2) is 6.99. The topological polar surface area (TPSA) is 106 Å². The van der Waals surface area contributed by atoms with Gasteiger partial charge < -0.3 is 15.3 Å². The maximum atomic E-state index is 12.6. The zero-order chi connectivity index (χ0) is 17.8. The van der Waals surface area contributed by atoms with Crippen molar-refractivity contribution in [2.75, 3.05) is 12.4 Å². The van der Waals surface area contributed by atoms with Crippen LogP contribution in [-0.4, -0.2) is 41.1 Å². The lowest BCUT2D eigenvalue weighted by Gasteiger charge is -2.24. The van der Waals surface area contributed by atoms with Gasteiger partial charge in [0.2, 0.25) is 0 Å². The molecule has 1 aromatic carbocycles. The van der Waals surface area contributed by atoms with E-state index in [-0.39, 0.29) is 5.69 Å². The van der Waals surface area contributed by atoms with Gasteiger partial charge in [-0.2, -0.15) is 13.2 Å². The lowest BCUT2D eigenvalue weighted by atomic mass is 10.2. The van der Waals surface area contributed by atoms with Crippen molar-refractivity contribution in [3.05, 3.63) is 29.8 Å². The maximum absolute atomic E-state index is 12.6. The number of guanidine groups is 1. The van der Waals surface area contributed by atoms with Crippen LogP contribution in [0.2, 0.25) is 0 Å². The molecule has 1 unspecified atom stereocenters. The molecule has 126 valence electrons. The number of amides is 2. The van der Waals surface area contributed by atoms with E-state index in [1.807, 2.05) is 5.32 Å². The summed E-state index contributed by atoms with van der Waals surface area (Å²) in [6.07, 6.45) is -4.54. The van der Waals surface area contributed by atoms with Crippen molar-refractivity contribution in [3.63, 3.8) is 0 Å². The molecule has 7 nitrogen and oxygen atoms in total. The fraction of sp³-hybridized carbons (Fsp3) is 0.308. The van der Waals surface area contributed by atoms with Gasteiger partial charge in [0.25, 0.3) is 0 Å². The molecular weight excluding hydrogens is 317 g/mol. The summed E-state index contributed by atoms with van der Waals surface area (Å²) in [5.74, 6) is -1.71. The molecule has 0 aliphatic heterocycles. The Morgan fingerprint density at radius 1 is 1.35 bits per heavy atom. The van der Waals surface area contributed by atoms with Crippen LogP contribution in [0.5, 0.6) is 0 Å². The number of carbonyl (C=O) groups is 2. The van der Waals surface area contributed by atoms with Gasteiger partial charge in [0.1, 0.15) is 6.04 Å². The van der Waals surface area contributed by atoms with E-state index < -0.39 is 35.7 Å². The first-order valence-corrected chi connectivity index (χ1v) is 6.32. The molecule has 1 aromatic rings. The van der Waals surface area contributed by atoms with E-state index >= 15 is 0 Å². The number of halogens is 3. The van der Waals surface area contributed by atoms with Gasteiger partial charge >= 0.3 is 18.2 Å². The molecule has 0 aliphatic carbocycles. The fourth-order valence-electron chi connectivity index (χ4n) is 1.49. The van der Waals surface area contributed by atoms with Crippen LogP contribution in [0.4, 0.5) is 23.7 Å². The van der Waals surface area contributed by atoms with E-state index in [9.17, 15) is 22.8 Å². The average molecular weight is 332 g/mol. The molecule has 4 N–H and O–H groups in total. The predicted molar refractivity (Wildman–Crippen MR) is 76.2 cm³/mol. The summed E-state index contributed by atoms with van der Waals surface area (Å²) in [5, 5.41) is 20.6. The van der Waals surface area contributed by atoms with E-state index in [2.05, 4.69) is 5.32 Å². The largest absolute Gasteiger partial charge is 0.480 e. The summed E-state index contributed by atoms with van der Waals surface area (Å²) >= 11 is 0. The molecule has 0 radical (unpaired) electrons. The van der Waals surface area contributed by atoms with Gasteiger partial charge in [0.05, 0.1) is 5.56 Å². The minimum atomic E-state index is -4.54. The summed E-state index contributed by atoms with van der Waals surface area (Å²) in [4.78, 5) is 23.4. The van der Waals surface area contributed by atoms with E-state index in [4.69, 9.17) is 10.5 Å². The molecule has 1 atom stereocenters. The van der Waals surface area contributed by atoms with Crippen LogP contribution in [0, 0.1) is 5.41 Å². The van der Waals surface area contributed by atoms with Crippen LogP contribution < -0.4 is 10.6 Å². The molecule has 0 saturated heterocycles. The van der Waals surface area contributed by atoms with Crippen LogP contribution in [0.15, 0.2) is 24.3 Å². The number of alkyl halides is 3. The summed E-state index contributed by atoms with van der Waals surface area (Å²) in [5.41, 5.74) is -1.04. The molecule has 0 spiro atoms. The first-order chi connectivity index (χ1) is 10.5. The molecular formula is C13H15F3N4O3. The first kappa shape index (κ1) is 18.3. The van der Waals surface area contributed by atoms with E-state index in [0.717, 1.165) is 23.1 Å². The summed E-state index contributed by atoms with van der Waals surface area (Å²) in [7, 11) is 1.28. The van der Waals surface area contributed by atoms with Crippen molar-refractivity contribution in [1.82, 2.24) is 10.2 Å². The van der Waals surface area contributed by atoms with Crippen LogP contribution in [0.25, 0.3) is 0 Å². The number of benzene rings is 1. The normalized spacial score (nSPS) is 12.2. The summed E-state index contributed by atoms with van der Waals surface area (Å²) < 4.78 is 37.7. The van der Waals surface area contributed by atoms with Crippen LogP contribution >= 0.6 is 0 Å². The predicted octanol–water partition coefficient (Wildman–Crippen LogP) is 2.17. The number of aliphatic carboxylic acids is 1. The molecule has 23 heavy (non-hydrogen) atoms. The number of carboxylic acid groups (broad SMARTS) is 1. The van der Waals surface area contributed by atoms with E-state index in [0.29, 0.717) is 0 Å². The number of hydrogen-bond acceptors (Lipinski definition) is 3. The Labute approximate surface area is 129 Å². The Bertz CT molecular complexity index is 619. The number of rotatable bonds is 3. The monoisotopic (exact) mass is 332 g/mol. The number of hydrogen-bond donors (Lipinski definition) is 4. The molecule has 2 amide bonds. The molecule has 0 aromatic heterocycles. The van der Waals surface area contributed by atoms with Gasteiger partial charge in [0, 0.05) is 12.7 Å².